The molecular formula is C22H20ClN3O2S. The highest BCUT2D eigenvalue weighted by Crippen LogP contribution is 2.27. The molecule has 4 rings (SSSR count). The summed E-state index contributed by atoms with van der Waals surface area (Å²) >= 11 is 4.20. The van der Waals surface area contributed by atoms with Crippen molar-refractivity contribution in [2.24, 2.45) is 0 Å². The largest absolute Gasteiger partial charge is 0.324 e. The van der Waals surface area contributed by atoms with Gasteiger partial charge in [-0.25, -0.2) is 13.9 Å². The van der Waals surface area contributed by atoms with Crippen molar-refractivity contribution in [3.8, 4) is 0 Å². The van der Waals surface area contributed by atoms with E-state index >= 15 is 0 Å². The maximum absolute atomic E-state index is 11.5. The molecule has 5 nitrogen and oxygen atoms in total. The molecule has 2 unspecified atom stereocenters. The summed E-state index contributed by atoms with van der Waals surface area (Å²) in [5, 5.41) is 0.712. The second-order valence-electron chi connectivity index (χ2n) is 6.80. The Balaban J connectivity index is 1.80. The molecule has 2 N–H and O–H groups in total. The van der Waals surface area contributed by atoms with E-state index in [0.717, 1.165) is 33.5 Å². The second kappa shape index (κ2) is 8.47. The zero-order chi connectivity index (χ0) is 20.4. The van der Waals surface area contributed by atoms with E-state index in [0.29, 0.717) is 11.6 Å². The van der Waals surface area contributed by atoms with Gasteiger partial charge < -0.3 is 4.57 Å². The minimum atomic E-state index is -2.15. The van der Waals surface area contributed by atoms with Gasteiger partial charge in [0.2, 0.25) is 11.3 Å². The third-order valence-electron chi connectivity index (χ3n) is 4.93. The molecule has 0 radical (unpaired) electrons. The SMILES string of the molecule is Cc1nc2ccc(C(NS(=O)O)c3ccccc3)cc2n1Cc1ccccc1Cl. The summed E-state index contributed by atoms with van der Waals surface area (Å²) in [5.41, 5.74) is 4.62. The summed E-state index contributed by atoms with van der Waals surface area (Å²) in [4.78, 5) is 4.66. The zero-order valence-electron chi connectivity index (χ0n) is 15.7. The van der Waals surface area contributed by atoms with Crippen LogP contribution in [0.2, 0.25) is 5.02 Å². The molecule has 0 fully saturated rings. The fraction of sp³-hybridized carbons (Fsp3) is 0.136. The minimum Gasteiger partial charge on any atom is -0.324 e. The Morgan fingerprint density at radius 2 is 1.79 bits per heavy atom. The van der Waals surface area contributed by atoms with Gasteiger partial charge in [-0.15, -0.1) is 0 Å². The lowest BCUT2D eigenvalue weighted by molar-refractivity contribution is 0.540. The van der Waals surface area contributed by atoms with Gasteiger partial charge in [-0.2, -0.15) is 0 Å². The molecule has 0 saturated carbocycles. The van der Waals surface area contributed by atoms with Gasteiger partial charge in [0.1, 0.15) is 5.82 Å². The van der Waals surface area contributed by atoms with Gasteiger partial charge >= 0.3 is 0 Å². The predicted molar refractivity (Wildman–Crippen MR) is 117 cm³/mol. The summed E-state index contributed by atoms with van der Waals surface area (Å²) in [7, 11) is 0. The number of rotatable bonds is 6. The third kappa shape index (κ3) is 4.26. The summed E-state index contributed by atoms with van der Waals surface area (Å²) in [6, 6.07) is 22.8. The Morgan fingerprint density at radius 3 is 2.52 bits per heavy atom. The van der Waals surface area contributed by atoms with E-state index < -0.39 is 17.3 Å². The maximum atomic E-state index is 11.5. The van der Waals surface area contributed by atoms with Gasteiger partial charge in [-0.3, -0.25) is 4.55 Å². The molecule has 0 amide bonds. The van der Waals surface area contributed by atoms with Crippen LogP contribution in [-0.2, 0) is 17.8 Å². The smallest absolute Gasteiger partial charge is 0.232 e. The molecule has 2 atom stereocenters. The Labute approximate surface area is 176 Å². The van der Waals surface area contributed by atoms with Crippen LogP contribution in [0.25, 0.3) is 11.0 Å². The van der Waals surface area contributed by atoms with Crippen LogP contribution in [0.1, 0.15) is 28.6 Å². The first kappa shape index (κ1) is 19.8. The number of halogens is 1. The number of benzene rings is 3. The van der Waals surface area contributed by atoms with Crippen molar-refractivity contribution in [3.63, 3.8) is 0 Å². The Hall–Kier alpha value is -2.51. The van der Waals surface area contributed by atoms with Gasteiger partial charge in [-0.1, -0.05) is 66.2 Å². The molecule has 0 aliphatic rings. The highest BCUT2D eigenvalue weighted by Gasteiger charge is 2.18. The number of nitrogens with zero attached hydrogens (tertiary/aromatic N) is 2. The first-order chi connectivity index (χ1) is 14.0. The number of hydrogen-bond donors (Lipinski definition) is 2. The van der Waals surface area contributed by atoms with Crippen molar-refractivity contribution in [1.29, 1.82) is 0 Å². The van der Waals surface area contributed by atoms with Crippen molar-refractivity contribution in [2.45, 2.75) is 19.5 Å². The van der Waals surface area contributed by atoms with Crippen LogP contribution < -0.4 is 4.72 Å². The minimum absolute atomic E-state index is 0.421. The molecule has 0 aliphatic carbocycles. The number of nitrogens with one attached hydrogen (secondary N) is 1. The fourth-order valence-corrected chi connectivity index (χ4v) is 4.18. The number of fused-ring (bicyclic) bond motifs is 1. The van der Waals surface area contributed by atoms with E-state index in [2.05, 4.69) is 14.3 Å². The van der Waals surface area contributed by atoms with E-state index in [-0.39, 0.29) is 0 Å². The van der Waals surface area contributed by atoms with E-state index in [1.54, 1.807) is 0 Å². The topological polar surface area (TPSA) is 67.2 Å². The zero-order valence-corrected chi connectivity index (χ0v) is 17.3. The fourth-order valence-electron chi connectivity index (χ4n) is 3.51. The Kier molecular flexibility index (Phi) is 5.78. The maximum Gasteiger partial charge on any atom is 0.232 e. The molecule has 0 saturated heterocycles. The van der Waals surface area contributed by atoms with Crippen LogP contribution in [-0.4, -0.2) is 18.3 Å². The highest BCUT2D eigenvalue weighted by atomic mass is 35.5. The van der Waals surface area contributed by atoms with Gasteiger partial charge in [0.25, 0.3) is 0 Å². The van der Waals surface area contributed by atoms with Gasteiger partial charge in [0.15, 0.2) is 0 Å². The van der Waals surface area contributed by atoms with Gasteiger partial charge in [-0.05, 0) is 41.8 Å². The molecule has 4 aromatic rings. The number of hydrogen-bond acceptors (Lipinski definition) is 2. The van der Waals surface area contributed by atoms with Crippen molar-refractivity contribution < 1.29 is 8.76 Å². The molecule has 3 aromatic carbocycles. The number of imidazole rings is 1. The average Bonchev–Trinajstić information content (AvgIpc) is 3.03. The van der Waals surface area contributed by atoms with Crippen LogP contribution in [0.5, 0.6) is 0 Å². The van der Waals surface area contributed by atoms with Gasteiger partial charge in [0.05, 0.1) is 23.6 Å². The van der Waals surface area contributed by atoms with E-state index in [9.17, 15) is 8.76 Å². The standard InChI is InChI=1S/C22H20ClN3O2S/c1-15-24-20-12-11-17(22(25-29(27)28)16-7-3-2-4-8-16)13-21(20)26(15)14-18-9-5-6-10-19(18)23/h2-13,22,25H,14H2,1H3,(H,27,28). The van der Waals surface area contributed by atoms with Crippen LogP contribution >= 0.6 is 11.6 Å². The van der Waals surface area contributed by atoms with Crippen molar-refractivity contribution >= 4 is 33.9 Å². The monoisotopic (exact) mass is 425 g/mol. The third-order valence-corrected chi connectivity index (χ3v) is 5.74. The molecule has 0 spiro atoms. The molecule has 1 aromatic heterocycles. The predicted octanol–water partition coefficient (Wildman–Crippen LogP) is 4.86. The second-order valence-corrected chi connectivity index (χ2v) is 7.94. The number of aromatic nitrogens is 2. The molecule has 29 heavy (non-hydrogen) atoms. The molecule has 148 valence electrons. The summed E-state index contributed by atoms with van der Waals surface area (Å²) in [6.45, 7) is 2.56. The molecular weight excluding hydrogens is 406 g/mol. The highest BCUT2D eigenvalue weighted by molar-refractivity contribution is 7.77. The van der Waals surface area contributed by atoms with E-state index in [1.165, 1.54) is 0 Å². The van der Waals surface area contributed by atoms with E-state index in [4.69, 9.17) is 11.6 Å². The normalized spacial score (nSPS) is 13.5. The average molecular weight is 426 g/mol. The van der Waals surface area contributed by atoms with Crippen LogP contribution in [0.4, 0.5) is 0 Å². The lowest BCUT2D eigenvalue weighted by Crippen LogP contribution is -2.24. The molecule has 7 heteroatoms. The summed E-state index contributed by atoms with van der Waals surface area (Å²) in [6.07, 6.45) is 0. The van der Waals surface area contributed by atoms with E-state index in [1.807, 2.05) is 79.7 Å². The Bertz CT molecular complexity index is 1180. The first-order valence-corrected chi connectivity index (χ1v) is 10.6. The summed E-state index contributed by atoms with van der Waals surface area (Å²) < 4.78 is 25.9. The molecule has 0 bridgehead atoms. The van der Waals surface area contributed by atoms with Crippen molar-refractivity contribution in [3.05, 3.63) is 100 Å². The lowest BCUT2D eigenvalue weighted by atomic mass is 9.99. The lowest BCUT2D eigenvalue weighted by Gasteiger charge is -2.18. The van der Waals surface area contributed by atoms with Crippen molar-refractivity contribution in [2.75, 3.05) is 0 Å². The van der Waals surface area contributed by atoms with Gasteiger partial charge in [0, 0.05) is 5.02 Å². The molecule has 0 aliphatic heterocycles. The summed E-state index contributed by atoms with van der Waals surface area (Å²) in [5.74, 6) is 0.882. The number of aryl methyl sites for hydroxylation is 1. The van der Waals surface area contributed by atoms with Crippen molar-refractivity contribution in [1.82, 2.24) is 14.3 Å². The Morgan fingerprint density at radius 1 is 1.07 bits per heavy atom. The quantitative estimate of drug-likeness (QED) is 0.433. The van der Waals surface area contributed by atoms with Crippen LogP contribution in [0, 0.1) is 6.92 Å². The molecule has 1 heterocycles. The first-order valence-electron chi connectivity index (χ1n) is 9.15. The van der Waals surface area contributed by atoms with Crippen LogP contribution in [0.15, 0.2) is 72.8 Å². The van der Waals surface area contributed by atoms with Crippen LogP contribution in [0.3, 0.4) is 0 Å².